The van der Waals surface area contributed by atoms with Crippen LogP contribution in [0.25, 0.3) is 0 Å². The molecule has 3 nitrogen and oxygen atoms in total. The molecule has 1 aromatic carbocycles. The molecule has 0 unspecified atom stereocenters. The van der Waals surface area contributed by atoms with E-state index in [0.29, 0.717) is 23.0 Å². The smallest absolute Gasteiger partial charge is 0.207 e. The second-order valence-electron chi connectivity index (χ2n) is 3.99. The lowest BCUT2D eigenvalue weighted by atomic mass is 10.2. The number of halogens is 2. The Morgan fingerprint density at radius 2 is 2.11 bits per heavy atom. The minimum absolute atomic E-state index is 0.555. The molecule has 0 fully saturated rings. The molecule has 100 valence electrons. The zero-order valence-electron chi connectivity index (χ0n) is 10.5. The van der Waals surface area contributed by atoms with Crippen molar-refractivity contribution in [3.8, 4) is 0 Å². The summed E-state index contributed by atoms with van der Waals surface area (Å²) in [6, 6.07) is 5.61. The largest absolute Gasteiger partial charge is 0.369 e. The molecule has 0 atom stereocenters. The van der Waals surface area contributed by atoms with Gasteiger partial charge in [-0.2, -0.15) is 0 Å². The van der Waals surface area contributed by atoms with Gasteiger partial charge >= 0.3 is 0 Å². The molecule has 0 aliphatic rings. The average molecular weight is 289 g/mol. The summed E-state index contributed by atoms with van der Waals surface area (Å²) in [6.45, 7) is 4.35. The van der Waals surface area contributed by atoms with Gasteiger partial charge in [-0.1, -0.05) is 42.6 Å². The molecule has 1 aromatic rings. The zero-order chi connectivity index (χ0) is 13.4. The fourth-order valence-electron chi connectivity index (χ4n) is 1.70. The number of unbranched alkanes of at least 4 members (excludes halogenated alkanes) is 1. The maximum Gasteiger partial charge on any atom is 0.207 e. The molecule has 0 bridgehead atoms. The van der Waals surface area contributed by atoms with Crippen molar-refractivity contribution in [3.05, 3.63) is 28.2 Å². The van der Waals surface area contributed by atoms with Gasteiger partial charge < -0.3 is 10.2 Å². The Morgan fingerprint density at radius 1 is 1.33 bits per heavy atom. The summed E-state index contributed by atoms with van der Waals surface area (Å²) in [4.78, 5) is 12.4. The van der Waals surface area contributed by atoms with E-state index >= 15 is 0 Å². The molecule has 0 radical (unpaired) electrons. The van der Waals surface area contributed by atoms with Crippen molar-refractivity contribution in [2.45, 2.75) is 19.8 Å². The van der Waals surface area contributed by atoms with Gasteiger partial charge in [-0.25, -0.2) is 0 Å². The quantitative estimate of drug-likeness (QED) is 0.588. The number of hydrogen-bond donors (Lipinski definition) is 1. The van der Waals surface area contributed by atoms with E-state index in [9.17, 15) is 4.79 Å². The van der Waals surface area contributed by atoms with Gasteiger partial charge in [-0.05, 0) is 18.6 Å². The lowest BCUT2D eigenvalue weighted by Crippen LogP contribution is -2.32. The molecule has 0 saturated heterocycles. The van der Waals surface area contributed by atoms with Gasteiger partial charge in [0.25, 0.3) is 0 Å². The minimum atomic E-state index is 0.555. The van der Waals surface area contributed by atoms with Crippen LogP contribution in [0.15, 0.2) is 18.2 Å². The molecule has 0 aliphatic heterocycles. The first kappa shape index (κ1) is 15.1. The van der Waals surface area contributed by atoms with Crippen molar-refractivity contribution >= 4 is 35.3 Å². The highest BCUT2D eigenvalue weighted by atomic mass is 35.5. The molecular formula is C13H18Cl2N2O. The molecule has 0 heterocycles. The Balaban J connectivity index is 2.79. The number of amides is 1. The predicted molar refractivity (Wildman–Crippen MR) is 77.6 cm³/mol. The molecule has 0 aromatic heterocycles. The van der Waals surface area contributed by atoms with Gasteiger partial charge in [-0.3, -0.25) is 4.79 Å². The summed E-state index contributed by atoms with van der Waals surface area (Å²) < 4.78 is 0. The van der Waals surface area contributed by atoms with Crippen LogP contribution >= 0.6 is 23.2 Å². The van der Waals surface area contributed by atoms with Crippen molar-refractivity contribution < 1.29 is 4.79 Å². The Labute approximate surface area is 118 Å². The van der Waals surface area contributed by atoms with Crippen LogP contribution in [0.4, 0.5) is 5.69 Å². The van der Waals surface area contributed by atoms with E-state index < -0.39 is 0 Å². The van der Waals surface area contributed by atoms with Gasteiger partial charge in [0.05, 0.1) is 15.7 Å². The molecule has 5 heteroatoms. The van der Waals surface area contributed by atoms with Crippen LogP contribution in [-0.2, 0) is 4.79 Å². The SMILES string of the molecule is CCCCN(CCNC=O)c1cccc(Cl)c1Cl. The van der Waals surface area contributed by atoms with E-state index in [1.54, 1.807) is 6.07 Å². The van der Waals surface area contributed by atoms with Gasteiger partial charge in [-0.15, -0.1) is 0 Å². The molecule has 18 heavy (non-hydrogen) atoms. The molecule has 1 amide bonds. The summed E-state index contributed by atoms with van der Waals surface area (Å²) in [5, 5.41) is 3.79. The van der Waals surface area contributed by atoms with E-state index in [-0.39, 0.29) is 0 Å². The number of benzene rings is 1. The Morgan fingerprint density at radius 3 is 2.78 bits per heavy atom. The maximum absolute atomic E-state index is 10.3. The van der Waals surface area contributed by atoms with E-state index in [1.807, 2.05) is 12.1 Å². The lowest BCUT2D eigenvalue weighted by Gasteiger charge is -2.26. The van der Waals surface area contributed by atoms with Crippen molar-refractivity contribution in [1.29, 1.82) is 0 Å². The Kier molecular flexibility index (Phi) is 6.91. The number of nitrogens with zero attached hydrogens (tertiary/aromatic N) is 1. The number of carbonyl (C=O) groups is 1. The highest BCUT2D eigenvalue weighted by Gasteiger charge is 2.11. The summed E-state index contributed by atoms with van der Waals surface area (Å²) >= 11 is 12.2. The highest BCUT2D eigenvalue weighted by molar-refractivity contribution is 6.43. The number of nitrogens with one attached hydrogen (secondary N) is 1. The third kappa shape index (κ3) is 4.39. The second-order valence-corrected chi connectivity index (χ2v) is 4.77. The molecule has 1 N–H and O–H groups in total. The van der Waals surface area contributed by atoms with Crippen LogP contribution in [-0.4, -0.2) is 26.0 Å². The summed E-state index contributed by atoms with van der Waals surface area (Å²) in [7, 11) is 0. The molecule has 0 spiro atoms. The van der Waals surface area contributed by atoms with Gasteiger partial charge in [0.2, 0.25) is 6.41 Å². The van der Waals surface area contributed by atoms with Crippen LogP contribution in [0.2, 0.25) is 10.0 Å². The highest BCUT2D eigenvalue weighted by Crippen LogP contribution is 2.32. The van der Waals surface area contributed by atoms with Gasteiger partial charge in [0, 0.05) is 19.6 Å². The molecule has 1 rings (SSSR count). The van der Waals surface area contributed by atoms with Crippen LogP contribution in [0, 0.1) is 0 Å². The topological polar surface area (TPSA) is 32.3 Å². The average Bonchev–Trinajstić information content (AvgIpc) is 2.37. The van der Waals surface area contributed by atoms with Crippen molar-refractivity contribution in [1.82, 2.24) is 5.32 Å². The number of rotatable bonds is 8. The zero-order valence-corrected chi connectivity index (χ0v) is 12.0. The van der Waals surface area contributed by atoms with Gasteiger partial charge in [0.15, 0.2) is 0 Å². The van der Waals surface area contributed by atoms with Crippen LogP contribution < -0.4 is 10.2 Å². The maximum atomic E-state index is 10.3. The van der Waals surface area contributed by atoms with E-state index in [2.05, 4.69) is 17.1 Å². The second kappa shape index (κ2) is 8.22. The monoisotopic (exact) mass is 288 g/mol. The Bertz CT molecular complexity index is 385. The van der Waals surface area contributed by atoms with Crippen molar-refractivity contribution in [3.63, 3.8) is 0 Å². The van der Waals surface area contributed by atoms with Crippen LogP contribution in [0.3, 0.4) is 0 Å². The van der Waals surface area contributed by atoms with Gasteiger partial charge in [0.1, 0.15) is 0 Å². The first-order chi connectivity index (χ1) is 8.70. The van der Waals surface area contributed by atoms with Crippen LogP contribution in [0.1, 0.15) is 19.8 Å². The van der Waals surface area contributed by atoms with E-state index in [1.165, 1.54) is 0 Å². The van der Waals surface area contributed by atoms with E-state index in [0.717, 1.165) is 31.6 Å². The number of anilines is 1. The molecule has 0 aliphatic carbocycles. The standard InChI is InChI=1S/C13H18Cl2N2O/c1-2-3-8-17(9-7-16-10-18)12-6-4-5-11(14)13(12)15/h4-6,10H,2-3,7-9H2,1H3,(H,16,18). The van der Waals surface area contributed by atoms with Crippen molar-refractivity contribution in [2.24, 2.45) is 0 Å². The molecule has 0 saturated carbocycles. The van der Waals surface area contributed by atoms with Crippen LogP contribution in [0.5, 0.6) is 0 Å². The summed E-state index contributed by atoms with van der Waals surface area (Å²) in [6.07, 6.45) is 2.89. The number of hydrogen-bond acceptors (Lipinski definition) is 2. The minimum Gasteiger partial charge on any atom is -0.369 e. The Hall–Kier alpha value is -0.930. The lowest BCUT2D eigenvalue weighted by molar-refractivity contribution is -0.109. The fourth-order valence-corrected chi connectivity index (χ4v) is 2.11. The summed E-state index contributed by atoms with van der Waals surface area (Å²) in [5.41, 5.74) is 0.922. The predicted octanol–water partition coefficient (Wildman–Crippen LogP) is 3.35. The fraction of sp³-hybridized carbons (Fsp3) is 0.462. The first-order valence-electron chi connectivity index (χ1n) is 6.06. The van der Waals surface area contributed by atoms with Crippen molar-refractivity contribution in [2.75, 3.05) is 24.5 Å². The third-order valence-electron chi connectivity index (χ3n) is 2.66. The normalized spacial score (nSPS) is 10.2. The number of carbonyl (C=O) groups excluding carboxylic acids is 1. The third-order valence-corrected chi connectivity index (χ3v) is 3.47. The summed E-state index contributed by atoms with van der Waals surface area (Å²) in [5.74, 6) is 0. The van der Waals surface area contributed by atoms with E-state index in [4.69, 9.17) is 23.2 Å². The molecular weight excluding hydrogens is 271 g/mol. The first-order valence-corrected chi connectivity index (χ1v) is 6.82.